The zero-order valence-electron chi connectivity index (χ0n) is 10.6. The quantitative estimate of drug-likeness (QED) is 0.801. The first-order chi connectivity index (χ1) is 8.76. The van der Waals surface area contributed by atoms with Crippen LogP contribution >= 0.6 is 0 Å². The van der Waals surface area contributed by atoms with E-state index < -0.39 is 12.4 Å². The molecular formula is C14H18O4. The Bertz CT molecular complexity index is 452. The van der Waals surface area contributed by atoms with Crippen LogP contribution in [0.25, 0.3) is 11.0 Å². The number of benzene rings is 1. The highest BCUT2D eigenvalue weighted by Crippen LogP contribution is 2.27. The van der Waals surface area contributed by atoms with Gasteiger partial charge in [-0.25, -0.2) is 0 Å². The van der Waals surface area contributed by atoms with Gasteiger partial charge in [0.25, 0.3) is 0 Å². The molecule has 0 radical (unpaired) electrons. The van der Waals surface area contributed by atoms with Gasteiger partial charge < -0.3 is 19.0 Å². The molecule has 1 aromatic heterocycles. The number of ether oxygens (including phenoxy) is 2. The van der Waals surface area contributed by atoms with Gasteiger partial charge in [-0.1, -0.05) is 18.2 Å². The fraction of sp³-hybridized carbons (Fsp3) is 0.429. The van der Waals surface area contributed by atoms with Gasteiger partial charge in [0.05, 0.1) is 0 Å². The van der Waals surface area contributed by atoms with Crippen LogP contribution in [-0.2, 0) is 9.47 Å². The molecule has 0 bridgehead atoms. The number of hydrogen-bond donors (Lipinski definition) is 1. The van der Waals surface area contributed by atoms with E-state index in [4.69, 9.17) is 13.9 Å². The molecular weight excluding hydrogens is 232 g/mol. The Hall–Kier alpha value is -1.36. The van der Waals surface area contributed by atoms with Crippen LogP contribution in [-0.4, -0.2) is 24.6 Å². The molecule has 1 heterocycles. The normalized spacial score (nSPS) is 13.3. The maximum Gasteiger partial charge on any atom is 0.190 e. The molecule has 1 atom stereocenters. The number of aliphatic hydroxyl groups excluding tert-OH is 1. The molecule has 1 N–H and O–H groups in total. The summed E-state index contributed by atoms with van der Waals surface area (Å²) < 4.78 is 16.3. The van der Waals surface area contributed by atoms with Crippen molar-refractivity contribution in [1.29, 1.82) is 0 Å². The fourth-order valence-electron chi connectivity index (χ4n) is 1.84. The summed E-state index contributed by atoms with van der Waals surface area (Å²) in [6.07, 6.45) is -1.61. The Morgan fingerprint density at radius 2 is 1.83 bits per heavy atom. The summed E-state index contributed by atoms with van der Waals surface area (Å²) in [6.45, 7) is 4.67. The molecule has 2 rings (SSSR count). The number of rotatable bonds is 6. The van der Waals surface area contributed by atoms with Crippen LogP contribution < -0.4 is 0 Å². The third kappa shape index (κ3) is 2.72. The van der Waals surface area contributed by atoms with Gasteiger partial charge in [-0.15, -0.1) is 0 Å². The molecule has 1 aromatic carbocycles. The van der Waals surface area contributed by atoms with Gasteiger partial charge in [-0.2, -0.15) is 0 Å². The standard InChI is InChI=1S/C14H18O4/c1-3-16-14(17-4-2)13(15)12-9-10-7-5-6-8-11(10)18-12/h5-9,13-15H,3-4H2,1-2H3. The van der Waals surface area contributed by atoms with Crippen molar-refractivity contribution in [2.45, 2.75) is 26.2 Å². The highest BCUT2D eigenvalue weighted by molar-refractivity contribution is 5.77. The van der Waals surface area contributed by atoms with Crippen LogP contribution in [0.3, 0.4) is 0 Å². The second-order valence-electron chi connectivity index (χ2n) is 3.91. The zero-order chi connectivity index (χ0) is 13.0. The third-order valence-electron chi connectivity index (χ3n) is 2.66. The molecule has 18 heavy (non-hydrogen) atoms. The van der Waals surface area contributed by atoms with E-state index in [-0.39, 0.29) is 0 Å². The molecule has 2 aromatic rings. The van der Waals surface area contributed by atoms with Crippen LogP contribution in [0.1, 0.15) is 25.7 Å². The third-order valence-corrected chi connectivity index (χ3v) is 2.66. The molecule has 0 spiro atoms. The van der Waals surface area contributed by atoms with Crippen molar-refractivity contribution in [3.05, 3.63) is 36.1 Å². The second kappa shape index (κ2) is 6.00. The molecule has 4 nitrogen and oxygen atoms in total. The Morgan fingerprint density at radius 1 is 1.17 bits per heavy atom. The Balaban J connectivity index is 2.22. The maximum atomic E-state index is 10.2. The minimum absolute atomic E-state index is 0.461. The number of fused-ring (bicyclic) bond motifs is 1. The number of para-hydroxylation sites is 1. The largest absolute Gasteiger partial charge is 0.458 e. The predicted molar refractivity (Wildman–Crippen MR) is 68.2 cm³/mol. The van der Waals surface area contributed by atoms with Crippen LogP contribution in [0.15, 0.2) is 34.7 Å². The van der Waals surface area contributed by atoms with Gasteiger partial charge in [0.1, 0.15) is 11.3 Å². The van der Waals surface area contributed by atoms with Gasteiger partial charge in [-0.3, -0.25) is 0 Å². The summed E-state index contributed by atoms with van der Waals surface area (Å²) >= 11 is 0. The van der Waals surface area contributed by atoms with Crippen molar-refractivity contribution in [3.8, 4) is 0 Å². The minimum Gasteiger partial charge on any atom is -0.458 e. The van der Waals surface area contributed by atoms with Crippen LogP contribution in [0, 0.1) is 0 Å². The number of hydrogen-bond acceptors (Lipinski definition) is 4. The van der Waals surface area contributed by atoms with E-state index in [0.717, 1.165) is 11.0 Å². The van der Waals surface area contributed by atoms with Crippen LogP contribution in [0.4, 0.5) is 0 Å². The van der Waals surface area contributed by atoms with Crippen LogP contribution in [0.5, 0.6) is 0 Å². The van der Waals surface area contributed by atoms with Crippen molar-refractivity contribution < 1.29 is 19.0 Å². The van der Waals surface area contributed by atoms with Crippen molar-refractivity contribution in [1.82, 2.24) is 0 Å². The molecule has 0 fully saturated rings. The predicted octanol–water partition coefficient (Wildman–Crippen LogP) is 2.87. The summed E-state index contributed by atoms with van der Waals surface area (Å²) in [4.78, 5) is 0. The van der Waals surface area contributed by atoms with E-state index in [0.29, 0.717) is 19.0 Å². The van der Waals surface area contributed by atoms with Crippen LogP contribution in [0.2, 0.25) is 0 Å². The summed E-state index contributed by atoms with van der Waals surface area (Å²) in [5.41, 5.74) is 0.748. The van der Waals surface area contributed by atoms with E-state index in [1.807, 2.05) is 44.2 Å². The Labute approximate surface area is 106 Å². The van der Waals surface area contributed by atoms with Crippen molar-refractivity contribution in [2.75, 3.05) is 13.2 Å². The van der Waals surface area contributed by atoms with E-state index >= 15 is 0 Å². The molecule has 1 unspecified atom stereocenters. The maximum absolute atomic E-state index is 10.2. The SMILES string of the molecule is CCOC(OCC)C(O)c1cc2ccccc2o1. The summed E-state index contributed by atoms with van der Waals surface area (Å²) in [5, 5.41) is 11.2. The van der Waals surface area contributed by atoms with E-state index in [9.17, 15) is 5.11 Å². The molecule has 0 amide bonds. The van der Waals surface area contributed by atoms with Gasteiger partial charge in [0.15, 0.2) is 12.4 Å². The fourth-order valence-corrected chi connectivity index (χ4v) is 1.84. The second-order valence-corrected chi connectivity index (χ2v) is 3.91. The Morgan fingerprint density at radius 3 is 2.44 bits per heavy atom. The minimum atomic E-state index is -0.919. The lowest BCUT2D eigenvalue weighted by molar-refractivity contribution is -0.195. The number of furan rings is 1. The molecule has 0 aliphatic heterocycles. The molecule has 0 aliphatic rings. The lowest BCUT2D eigenvalue weighted by atomic mass is 10.2. The molecule has 4 heteroatoms. The topological polar surface area (TPSA) is 51.8 Å². The van der Waals surface area contributed by atoms with Gasteiger partial charge in [-0.05, 0) is 26.0 Å². The first kappa shape index (κ1) is 13.1. The first-order valence-electron chi connectivity index (χ1n) is 6.16. The Kier molecular flexibility index (Phi) is 4.36. The zero-order valence-corrected chi connectivity index (χ0v) is 10.6. The van der Waals surface area contributed by atoms with Gasteiger partial charge in [0.2, 0.25) is 0 Å². The smallest absolute Gasteiger partial charge is 0.190 e. The van der Waals surface area contributed by atoms with Crippen molar-refractivity contribution in [2.24, 2.45) is 0 Å². The van der Waals surface area contributed by atoms with Crippen molar-refractivity contribution in [3.63, 3.8) is 0 Å². The van der Waals surface area contributed by atoms with Crippen molar-refractivity contribution >= 4 is 11.0 Å². The number of aliphatic hydroxyl groups is 1. The van der Waals surface area contributed by atoms with Gasteiger partial charge in [0, 0.05) is 18.6 Å². The summed E-state index contributed by atoms with van der Waals surface area (Å²) in [5.74, 6) is 0.461. The lowest BCUT2D eigenvalue weighted by Crippen LogP contribution is -2.25. The molecule has 98 valence electrons. The average Bonchev–Trinajstić information content (AvgIpc) is 2.81. The highest BCUT2D eigenvalue weighted by Gasteiger charge is 2.25. The molecule has 0 aliphatic carbocycles. The summed E-state index contributed by atoms with van der Waals surface area (Å²) in [7, 11) is 0. The monoisotopic (exact) mass is 250 g/mol. The molecule has 0 saturated heterocycles. The first-order valence-corrected chi connectivity index (χ1v) is 6.16. The van der Waals surface area contributed by atoms with E-state index in [2.05, 4.69) is 0 Å². The molecule has 0 saturated carbocycles. The summed E-state index contributed by atoms with van der Waals surface area (Å²) in [6, 6.07) is 9.43. The van der Waals surface area contributed by atoms with Gasteiger partial charge >= 0.3 is 0 Å². The average molecular weight is 250 g/mol. The lowest BCUT2D eigenvalue weighted by Gasteiger charge is -2.20. The van der Waals surface area contributed by atoms with E-state index in [1.54, 1.807) is 0 Å². The highest BCUT2D eigenvalue weighted by atomic mass is 16.7. The van der Waals surface area contributed by atoms with E-state index in [1.165, 1.54) is 0 Å².